The summed E-state index contributed by atoms with van der Waals surface area (Å²) in [6.07, 6.45) is 8.70. The Morgan fingerprint density at radius 2 is 2.17 bits per heavy atom. The number of urea groups is 1. The van der Waals surface area contributed by atoms with Gasteiger partial charge in [0.1, 0.15) is 5.82 Å². The number of rotatable bonds is 5. The molecule has 2 aliphatic rings. The Morgan fingerprint density at radius 1 is 1.38 bits per heavy atom. The highest BCUT2D eigenvalue weighted by atomic mass is 16.5. The fourth-order valence-corrected chi connectivity index (χ4v) is 3.78. The first-order chi connectivity index (χ1) is 11.6. The molecule has 0 spiro atoms. The van der Waals surface area contributed by atoms with Crippen LogP contribution in [0.1, 0.15) is 45.4 Å². The van der Waals surface area contributed by atoms with Gasteiger partial charge < -0.3 is 19.5 Å². The largest absolute Gasteiger partial charge is 0.378 e. The zero-order chi connectivity index (χ0) is 16.9. The third-order valence-corrected chi connectivity index (χ3v) is 5.08. The number of piperidine rings is 1. The van der Waals surface area contributed by atoms with Crippen LogP contribution in [0.3, 0.4) is 0 Å². The Labute approximate surface area is 144 Å². The van der Waals surface area contributed by atoms with Crippen molar-refractivity contribution in [2.75, 3.05) is 19.7 Å². The molecule has 1 N–H and O–H groups in total. The normalized spacial score (nSPS) is 22.3. The van der Waals surface area contributed by atoms with Crippen LogP contribution in [0.2, 0.25) is 0 Å². The van der Waals surface area contributed by atoms with Crippen molar-refractivity contribution in [1.82, 2.24) is 19.8 Å². The minimum Gasteiger partial charge on any atom is -0.378 e. The Kier molecular flexibility index (Phi) is 5.76. The Morgan fingerprint density at radius 3 is 2.83 bits per heavy atom. The molecule has 2 saturated heterocycles. The first-order valence-electron chi connectivity index (χ1n) is 9.28. The number of likely N-dealkylation sites (tertiary alicyclic amines) is 1. The van der Waals surface area contributed by atoms with Crippen molar-refractivity contribution >= 4 is 6.03 Å². The summed E-state index contributed by atoms with van der Waals surface area (Å²) in [4.78, 5) is 18.7. The van der Waals surface area contributed by atoms with Gasteiger partial charge in [-0.05, 0) is 37.5 Å². The molecule has 2 aliphatic heterocycles. The first kappa shape index (κ1) is 17.3. The van der Waals surface area contributed by atoms with Crippen molar-refractivity contribution in [2.24, 2.45) is 11.8 Å². The zero-order valence-corrected chi connectivity index (χ0v) is 14.9. The molecule has 1 atom stereocenters. The van der Waals surface area contributed by atoms with Gasteiger partial charge in [-0.15, -0.1) is 0 Å². The predicted molar refractivity (Wildman–Crippen MR) is 92.6 cm³/mol. The van der Waals surface area contributed by atoms with Gasteiger partial charge in [0.25, 0.3) is 0 Å². The van der Waals surface area contributed by atoms with E-state index >= 15 is 0 Å². The standard InChI is InChI=1S/C18H30N4O2/c1-14(2)13-22-10-7-19-17(22)12-20-18(23)21-8-5-15(6-9-21)16-4-3-11-24-16/h7,10,14-16H,3-6,8-9,11-13H2,1-2H3,(H,20,23)/t16-/m0/s1. The molecular formula is C18H30N4O2. The maximum atomic E-state index is 12.4. The highest BCUT2D eigenvalue weighted by Crippen LogP contribution is 2.28. The molecule has 3 heterocycles. The van der Waals surface area contributed by atoms with Crippen LogP contribution < -0.4 is 5.32 Å². The summed E-state index contributed by atoms with van der Waals surface area (Å²) in [5.74, 6) is 2.11. The van der Waals surface area contributed by atoms with Crippen LogP contribution in [-0.4, -0.2) is 46.3 Å². The molecule has 1 aromatic rings. The number of carbonyl (C=O) groups is 1. The third-order valence-electron chi connectivity index (χ3n) is 5.08. The smallest absolute Gasteiger partial charge is 0.317 e. The summed E-state index contributed by atoms with van der Waals surface area (Å²) in [7, 11) is 0. The van der Waals surface area contributed by atoms with E-state index in [0.29, 0.717) is 24.5 Å². The molecular weight excluding hydrogens is 304 g/mol. The lowest BCUT2D eigenvalue weighted by molar-refractivity contribution is 0.0372. The molecule has 0 aliphatic carbocycles. The van der Waals surface area contributed by atoms with Crippen molar-refractivity contribution in [2.45, 2.75) is 58.7 Å². The molecule has 134 valence electrons. The Balaban J connectivity index is 1.44. The van der Waals surface area contributed by atoms with Crippen molar-refractivity contribution in [3.8, 4) is 0 Å². The second kappa shape index (κ2) is 8.01. The lowest BCUT2D eigenvalue weighted by atomic mass is 9.90. The minimum absolute atomic E-state index is 0.0277. The van der Waals surface area contributed by atoms with Gasteiger partial charge >= 0.3 is 6.03 Å². The molecule has 0 aromatic carbocycles. The van der Waals surface area contributed by atoms with Crippen LogP contribution in [0.25, 0.3) is 0 Å². The van der Waals surface area contributed by atoms with Gasteiger partial charge in [-0.2, -0.15) is 0 Å². The van der Waals surface area contributed by atoms with Gasteiger partial charge in [0.2, 0.25) is 0 Å². The number of carbonyl (C=O) groups excluding carboxylic acids is 1. The molecule has 2 fully saturated rings. The maximum absolute atomic E-state index is 12.4. The van der Waals surface area contributed by atoms with Crippen molar-refractivity contribution in [1.29, 1.82) is 0 Å². The number of hydrogen-bond acceptors (Lipinski definition) is 3. The maximum Gasteiger partial charge on any atom is 0.317 e. The zero-order valence-electron chi connectivity index (χ0n) is 14.9. The number of nitrogens with zero attached hydrogens (tertiary/aromatic N) is 3. The van der Waals surface area contributed by atoms with E-state index in [1.165, 1.54) is 12.8 Å². The van der Waals surface area contributed by atoms with Gasteiger partial charge in [-0.1, -0.05) is 13.8 Å². The molecule has 0 unspecified atom stereocenters. The average Bonchev–Trinajstić information content (AvgIpc) is 3.24. The Bertz CT molecular complexity index is 529. The van der Waals surface area contributed by atoms with E-state index in [2.05, 4.69) is 28.7 Å². The number of hydrogen-bond donors (Lipinski definition) is 1. The fraction of sp³-hybridized carbons (Fsp3) is 0.778. The second-order valence-corrected chi connectivity index (χ2v) is 7.42. The van der Waals surface area contributed by atoms with E-state index in [0.717, 1.165) is 44.9 Å². The number of amides is 2. The summed E-state index contributed by atoms with van der Waals surface area (Å²) in [5.41, 5.74) is 0. The van der Waals surface area contributed by atoms with Crippen LogP contribution >= 0.6 is 0 Å². The summed E-state index contributed by atoms with van der Waals surface area (Å²) >= 11 is 0. The highest BCUT2D eigenvalue weighted by Gasteiger charge is 2.30. The van der Waals surface area contributed by atoms with E-state index in [4.69, 9.17) is 4.74 Å². The van der Waals surface area contributed by atoms with Crippen LogP contribution in [0, 0.1) is 11.8 Å². The number of imidazole rings is 1. The number of aromatic nitrogens is 2. The number of nitrogens with one attached hydrogen (secondary N) is 1. The topological polar surface area (TPSA) is 59.4 Å². The van der Waals surface area contributed by atoms with E-state index in [1.54, 1.807) is 6.20 Å². The molecule has 0 radical (unpaired) electrons. The SMILES string of the molecule is CC(C)Cn1ccnc1CNC(=O)N1CCC([C@@H]2CCCO2)CC1. The molecule has 2 amide bonds. The van der Waals surface area contributed by atoms with Crippen LogP contribution in [0.15, 0.2) is 12.4 Å². The van der Waals surface area contributed by atoms with Crippen molar-refractivity contribution in [3.05, 3.63) is 18.2 Å². The average molecular weight is 334 g/mol. The van der Waals surface area contributed by atoms with E-state index in [-0.39, 0.29) is 6.03 Å². The van der Waals surface area contributed by atoms with Gasteiger partial charge in [-0.3, -0.25) is 0 Å². The quantitative estimate of drug-likeness (QED) is 0.900. The summed E-state index contributed by atoms with van der Waals surface area (Å²) < 4.78 is 7.92. The molecule has 0 bridgehead atoms. The molecule has 6 heteroatoms. The van der Waals surface area contributed by atoms with Gasteiger partial charge in [0.05, 0.1) is 12.6 Å². The van der Waals surface area contributed by atoms with Gasteiger partial charge in [0, 0.05) is 38.6 Å². The first-order valence-corrected chi connectivity index (χ1v) is 9.28. The molecule has 24 heavy (non-hydrogen) atoms. The van der Waals surface area contributed by atoms with Crippen molar-refractivity contribution in [3.63, 3.8) is 0 Å². The van der Waals surface area contributed by atoms with E-state index < -0.39 is 0 Å². The number of ether oxygens (including phenoxy) is 1. The van der Waals surface area contributed by atoms with Gasteiger partial charge in [-0.25, -0.2) is 9.78 Å². The minimum atomic E-state index is 0.0277. The molecule has 6 nitrogen and oxygen atoms in total. The summed E-state index contributed by atoms with van der Waals surface area (Å²) in [5, 5.41) is 3.03. The summed E-state index contributed by atoms with van der Waals surface area (Å²) in [6, 6.07) is 0.0277. The van der Waals surface area contributed by atoms with E-state index in [1.807, 2.05) is 11.1 Å². The third kappa shape index (κ3) is 4.29. The fourth-order valence-electron chi connectivity index (χ4n) is 3.78. The monoisotopic (exact) mass is 334 g/mol. The second-order valence-electron chi connectivity index (χ2n) is 7.42. The Hall–Kier alpha value is -1.56. The summed E-state index contributed by atoms with van der Waals surface area (Å²) in [6.45, 7) is 8.35. The van der Waals surface area contributed by atoms with E-state index in [9.17, 15) is 4.79 Å². The predicted octanol–water partition coefficient (Wildman–Crippen LogP) is 2.64. The van der Waals surface area contributed by atoms with Crippen LogP contribution in [0.4, 0.5) is 4.79 Å². The highest BCUT2D eigenvalue weighted by molar-refractivity contribution is 5.74. The molecule has 1 aromatic heterocycles. The van der Waals surface area contributed by atoms with Crippen molar-refractivity contribution < 1.29 is 9.53 Å². The molecule has 0 saturated carbocycles. The lowest BCUT2D eigenvalue weighted by Crippen LogP contribution is -2.46. The van der Waals surface area contributed by atoms with Crippen LogP contribution in [0.5, 0.6) is 0 Å². The van der Waals surface area contributed by atoms with Crippen LogP contribution in [-0.2, 0) is 17.8 Å². The van der Waals surface area contributed by atoms with Gasteiger partial charge in [0.15, 0.2) is 0 Å². The molecule has 3 rings (SSSR count). The lowest BCUT2D eigenvalue weighted by Gasteiger charge is -2.34.